The van der Waals surface area contributed by atoms with Crippen molar-refractivity contribution < 1.29 is 28.5 Å². The molecular weight excluding hydrogens is 472 g/mol. The van der Waals surface area contributed by atoms with Crippen molar-refractivity contribution in [3.05, 3.63) is 70.7 Å². The molecule has 3 aromatic rings. The number of ether oxygens (including phenoxy) is 4. The number of hydrogen-bond acceptors (Lipinski definition) is 6. The second kappa shape index (κ2) is 10.1. The van der Waals surface area contributed by atoms with Gasteiger partial charge in [-0.05, 0) is 48.9 Å². The van der Waals surface area contributed by atoms with E-state index in [1.807, 2.05) is 18.2 Å². The van der Waals surface area contributed by atoms with Crippen LogP contribution in [0.4, 0.5) is 11.4 Å². The minimum absolute atomic E-state index is 0.203. The highest BCUT2D eigenvalue weighted by atomic mass is 35.5. The van der Waals surface area contributed by atoms with Crippen LogP contribution in [0.1, 0.15) is 22.8 Å². The Hall–Kier alpha value is -3.91. The zero-order valence-electron chi connectivity index (χ0n) is 19.8. The molecule has 0 aliphatic carbocycles. The Bertz CT molecular complexity index is 1250. The molecule has 2 amide bonds. The Morgan fingerprint density at radius 2 is 1.71 bits per heavy atom. The smallest absolute Gasteiger partial charge is 0.268 e. The van der Waals surface area contributed by atoms with E-state index in [4.69, 9.17) is 30.5 Å². The van der Waals surface area contributed by atoms with E-state index in [-0.39, 0.29) is 12.5 Å². The van der Waals surface area contributed by atoms with Crippen LogP contribution in [0.15, 0.2) is 54.6 Å². The number of nitrogens with one attached hydrogen (secondary N) is 1. The van der Waals surface area contributed by atoms with Gasteiger partial charge in [-0.15, -0.1) is 0 Å². The quantitative estimate of drug-likeness (QED) is 0.499. The largest absolute Gasteiger partial charge is 0.493 e. The Morgan fingerprint density at radius 1 is 1.03 bits per heavy atom. The average Bonchev–Trinajstić information content (AvgIpc) is 2.87. The first-order chi connectivity index (χ1) is 16.9. The number of benzene rings is 3. The molecule has 1 aliphatic heterocycles. The number of fused-ring (bicyclic) bond motifs is 1. The van der Waals surface area contributed by atoms with Crippen molar-refractivity contribution in [1.82, 2.24) is 0 Å². The van der Waals surface area contributed by atoms with Gasteiger partial charge < -0.3 is 29.2 Å². The zero-order chi connectivity index (χ0) is 25.1. The third kappa shape index (κ3) is 4.83. The fourth-order valence-corrected chi connectivity index (χ4v) is 4.06. The third-order valence-electron chi connectivity index (χ3n) is 5.64. The summed E-state index contributed by atoms with van der Waals surface area (Å²) in [5.74, 6) is 1.06. The molecule has 1 heterocycles. The molecule has 182 valence electrons. The summed E-state index contributed by atoms with van der Waals surface area (Å²) >= 11 is 6.34. The Morgan fingerprint density at radius 3 is 2.34 bits per heavy atom. The first-order valence-electron chi connectivity index (χ1n) is 10.8. The predicted octanol–water partition coefficient (Wildman–Crippen LogP) is 4.93. The van der Waals surface area contributed by atoms with Crippen LogP contribution in [0.3, 0.4) is 0 Å². The van der Waals surface area contributed by atoms with E-state index in [1.165, 1.54) is 21.3 Å². The lowest BCUT2D eigenvalue weighted by molar-refractivity contribution is -0.125. The van der Waals surface area contributed by atoms with Gasteiger partial charge in [-0.1, -0.05) is 29.8 Å². The molecule has 3 aromatic carbocycles. The second-order valence-corrected chi connectivity index (χ2v) is 8.23. The maximum absolute atomic E-state index is 13.1. The van der Waals surface area contributed by atoms with Crippen molar-refractivity contribution in [2.75, 3.05) is 31.5 Å². The molecule has 8 nitrogen and oxygen atoms in total. The summed E-state index contributed by atoms with van der Waals surface area (Å²) in [6, 6.07) is 15.6. The number of anilines is 2. The molecule has 1 atom stereocenters. The van der Waals surface area contributed by atoms with Crippen LogP contribution in [0.2, 0.25) is 5.02 Å². The maximum atomic E-state index is 13.1. The molecule has 1 N–H and O–H groups in total. The van der Waals surface area contributed by atoms with E-state index in [2.05, 4.69) is 5.32 Å². The highest BCUT2D eigenvalue weighted by Gasteiger charge is 2.32. The van der Waals surface area contributed by atoms with Crippen LogP contribution in [-0.2, 0) is 11.3 Å². The Balaban J connectivity index is 1.65. The number of carbonyl (C=O) groups is 2. The van der Waals surface area contributed by atoms with Gasteiger partial charge >= 0.3 is 0 Å². The molecular formula is C26H25ClN2O6. The average molecular weight is 497 g/mol. The van der Waals surface area contributed by atoms with Crippen molar-refractivity contribution in [1.29, 1.82) is 0 Å². The number of hydrogen-bond donors (Lipinski definition) is 1. The van der Waals surface area contributed by atoms with Gasteiger partial charge in [-0.3, -0.25) is 9.59 Å². The lowest BCUT2D eigenvalue weighted by Gasteiger charge is -2.33. The second-order valence-electron chi connectivity index (χ2n) is 7.83. The third-order valence-corrected chi connectivity index (χ3v) is 6.01. The lowest BCUT2D eigenvalue weighted by Crippen LogP contribution is -2.44. The summed E-state index contributed by atoms with van der Waals surface area (Å²) in [6.07, 6.45) is -0.648. The first kappa shape index (κ1) is 24.2. The minimum Gasteiger partial charge on any atom is -0.493 e. The standard InChI is InChI=1S/C26H25ClN2O6/c1-15-26(31)29(14-16-7-5-6-8-19(16)27)20-13-18(9-10-21(20)35-15)28-25(30)17-11-22(32-2)24(34-4)23(12-17)33-3/h5-13,15H,14H2,1-4H3,(H,28,30). The van der Waals surface area contributed by atoms with Crippen molar-refractivity contribution in [2.24, 2.45) is 0 Å². The molecule has 9 heteroatoms. The van der Waals surface area contributed by atoms with Gasteiger partial charge in [0.2, 0.25) is 5.75 Å². The van der Waals surface area contributed by atoms with Gasteiger partial charge in [0, 0.05) is 16.3 Å². The van der Waals surface area contributed by atoms with Crippen molar-refractivity contribution in [3.8, 4) is 23.0 Å². The Kier molecular flexibility index (Phi) is 7.02. The summed E-state index contributed by atoms with van der Waals surface area (Å²) in [6.45, 7) is 1.97. The molecule has 0 radical (unpaired) electrons. The first-order valence-corrected chi connectivity index (χ1v) is 11.2. The lowest BCUT2D eigenvalue weighted by atomic mass is 10.1. The number of amides is 2. The molecule has 0 fully saturated rings. The summed E-state index contributed by atoms with van der Waals surface area (Å²) in [4.78, 5) is 27.7. The minimum atomic E-state index is -0.648. The van der Waals surface area contributed by atoms with Crippen molar-refractivity contribution in [2.45, 2.75) is 19.6 Å². The molecule has 0 bridgehead atoms. The molecule has 0 saturated carbocycles. The molecule has 0 saturated heterocycles. The number of carbonyl (C=O) groups excluding carboxylic acids is 2. The molecule has 35 heavy (non-hydrogen) atoms. The SMILES string of the molecule is COc1cc(C(=O)Nc2ccc3c(c2)N(Cc2ccccc2Cl)C(=O)C(C)O3)cc(OC)c1OC. The summed E-state index contributed by atoms with van der Waals surface area (Å²) in [5, 5.41) is 3.42. The van der Waals surface area contributed by atoms with Crippen LogP contribution < -0.4 is 29.2 Å². The van der Waals surface area contributed by atoms with Crippen LogP contribution in [0.5, 0.6) is 23.0 Å². The number of nitrogens with zero attached hydrogens (tertiary/aromatic N) is 1. The fraction of sp³-hybridized carbons (Fsp3) is 0.231. The number of methoxy groups -OCH3 is 3. The van der Waals surface area contributed by atoms with E-state index in [0.29, 0.717) is 45.0 Å². The van der Waals surface area contributed by atoms with E-state index in [0.717, 1.165) is 5.56 Å². The summed E-state index contributed by atoms with van der Waals surface area (Å²) < 4.78 is 21.8. The monoisotopic (exact) mass is 496 g/mol. The van der Waals surface area contributed by atoms with E-state index in [1.54, 1.807) is 48.2 Å². The molecule has 1 unspecified atom stereocenters. The highest BCUT2D eigenvalue weighted by molar-refractivity contribution is 6.31. The van der Waals surface area contributed by atoms with Gasteiger partial charge in [-0.25, -0.2) is 0 Å². The fourth-order valence-electron chi connectivity index (χ4n) is 3.86. The van der Waals surface area contributed by atoms with Crippen LogP contribution in [0.25, 0.3) is 0 Å². The number of rotatable bonds is 7. The number of halogens is 1. The van der Waals surface area contributed by atoms with Gasteiger partial charge in [0.1, 0.15) is 5.75 Å². The van der Waals surface area contributed by atoms with E-state index in [9.17, 15) is 9.59 Å². The maximum Gasteiger partial charge on any atom is 0.268 e. The topological polar surface area (TPSA) is 86.3 Å². The molecule has 4 rings (SSSR count). The van der Waals surface area contributed by atoms with Crippen LogP contribution in [-0.4, -0.2) is 39.2 Å². The van der Waals surface area contributed by atoms with Gasteiger partial charge in [-0.2, -0.15) is 0 Å². The zero-order valence-corrected chi connectivity index (χ0v) is 20.5. The predicted molar refractivity (Wildman–Crippen MR) is 133 cm³/mol. The summed E-state index contributed by atoms with van der Waals surface area (Å²) in [5.41, 5.74) is 2.13. The van der Waals surface area contributed by atoms with Crippen molar-refractivity contribution >= 4 is 34.8 Å². The Labute approximate surface area is 208 Å². The van der Waals surface area contributed by atoms with Crippen LogP contribution >= 0.6 is 11.6 Å². The highest BCUT2D eigenvalue weighted by Crippen LogP contribution is 2.40. The van der Waals surface area contributed by atoms with Gasteiger partial charge in [0.15, 0.2) is 17.6 Å². The van der Waals surface area contributed by atoms with E-state index >= 15 is 0 Å². The summed E-state index contributed by atoms with van der Waals surface area (Å²) in [7, 11) is 4.45. The van der Waals surface area contributed by atoms with E-state index < -0.39 is 12.0 Å². The molecule has 0 spiro atoms. The van der Waals surface area contributed by atoms with Gasteiger partial charge in [0.05, 0.1) is 33.6 Å². The van der Waals surface area contributed by atoms with Crippen molar-refractivity contribution in [3.63, 3.8) is 0 Å². The molecule has 0 aromatic heterocycles. The normalized spacial score (nSPS) is 14.6. The molecule has 1 aliphatic rings. The van der Waals surface area contributed by atoms with Gasteiger partial charge in [0.25, 0.3) is 11.8 Å². The van der Waals surface area contributed by atoms with Crippen LogP contribution in [0, 0.1) is 0 Å².